The van der Waals surface area contributed by atoms with Gasteiger partial charge in [-0.25, -0.2) is 4.39 Å². The van der Waals surface area contributed by atoms with Gasteiger partial charge in [0.2, 0.25) is 0 Å². The molecule has 1 aromatic rings. The van der Waals surface area contributed by atoms with Crippen molar-refractivity contribution in [1.82, 2.24) is 4.90 Å². The summed E-state index contributed by atoms with van der Waals surface area (Å²) in [5.41, 5.74) is 6.65. The lowest BCUT2D eigenvalue weighted by atomic mass is 9.97. The molecule has 0 saturated carbocycles. The molecule has 18 heavy (non-hydrogen) atoms. The Labute approximate surface area is 109 Å². The van der Waals surface area contributed by atoms with Crippen LogP contribution in [-0.2, 0) is 6.42 Å². The van der Waals surface area contributed by atoms with E-state index in [-0.39, 0.29) is 5.82 Å². The summed E-state index contributed by atoms with van der Waals surface area (Å²) >= 11 is 0. The predicted octanol–water partition coefficient (Wildman–Crippen LogP) is 2.57. The number of hydrogen-bond donors (Lipinski definition) is 1. The van der Waals surface area contributed by atoms with Gasteiger partial charge in [0.25, 0.3) is 0 Å². The van der Waals surface area contributed by atoms with Crippen LogP contribution in [0.3, 0.4) is 0 Å². The average Bonchev–Trinajstić information content (AvgIpc) is 2.41. The topological polar surface area (TPSA) is 29.3 Å². The number of nitrogens with two attached hydrogens (primary N) is 1. The van der Waals surface area contributed by atoms with Gasteiger partial charge in [-0.1, -0.05) is 24.6 Å². The smallest absolute Gasteiger partial charge is 0.126 e. The third-order valence-corrected chi connectivity index (χ3v) is 3.98. The second kappa shape index (κ2) is 6.30. The molecule has 1 saturated heterocycles. The van der Waals surface area contributed by atoms with Crippen molar-refractivity contribution >= 4 is 0 Å². The molecule has 0 amide bonds. The van der Waals surface area contributed by atoms with E-state index in [1.807, 2.05) is 12.1 Å². The maximum absolute atomic E-state index is 13.7. The highest BCUT2D eigenvalue weighted by Gasteiger charge is 2.25. The Morgan fingerprint density at radius 1 is 1.39 bits per heavy atom. The summed E-state index contributed by atoms with van der Waals surface area (Å²) in [6.45, 7) is 3.99. The molecule has 1 aliphatic heterocycles. The number of benzene rings is 1. The summed E-state index contributed by atoms with van der Waals surface area (Å²) in [5.74, 6) is -0.0920. The summed E-state index contributed by atoms with van der Waals surface area (Å²) in [6, 6.07) is 7.90. The lowest BCUT2D eigenvalue weighted by Gasteiger charge is -2.39. The molecule has 0 radical (unpaired) electrons. The normalized spacial score (nSPS) is 22.9. The van der Waals surface area contributed by atoms with E-state index in [4.69, 9.17) is 5.73 Å². The minimum Gasteiger partial charge on any atom is -0.329 e. The van der Waals surface area contributed by atoms with Crippen LogP contribution in [-0.4, -0.2) is 30.1 Å². The molecular weight excluding hydrogens is 227 g/mol. The van der Waals surface area contributed by atoms with Gasteiger partial charge in [-0.3, -0.25) is 4.90 Å². The molecule has 3 heteroatoms. The molecule has 100 valence electrons. The highest BCUT2D eigenvalue weighted by atomic mass is 19.1. The van der Waals surface area contributed by atoms with Crippen LogP contribution in [0.1, 0.15) is 31.7 Å². The molecule has 2 N–H and O–H groups in total. The van der Waals surface area contributed by atoms with Crippen LogP contribution < -0.4 is 5.73 Å². The quantitative estimate of drug-likeness (QED) is 0.890. The van der Waals surface area contributed by atoms with Crippen molar-refractivity contribution < 1.29 is 4.39 Å². The Morgan fingerprint density at radius 3 is 2.89 bits per heavy atom. The molecule has 2 nitrogen and oxygen atoms in total. The Morgan fingerprint density at radius 2 is 2.17 bits per heavy atom. The molecule has 1 fully saturated rings. The van der Waals surface area contributed by atoms with Gasteiger partial charge in [-0.2, -0.15) is 0 Å². The van der Waals surface area contributed by atoms with E-state index in [0.29, 0.717) is 18.6 Å². The van der Waals surface area contributed by atoms with Crippen LogP contribution in [0.25, 0.3) is 0 Å². The molecule has 0 aliphatic carbocycles. The van der Waals surface area contributed by atoms with Crippen molar-refractivity contribution in [3.8, 4) is 0 Å². The SMILES string of the molecule is CC(Cc1ccccc1F)N1CCCCC1CN. The highest BCUT2D eigenvalue weighted by molar-refractivity contribution is 5.18. The number of nitrogens with zero attached hydrogens (tertiary/aromatic N) is 1. The summed E-state index contributed by atoms with van der Waals surface area (Å²) in [7, 11) is 0. The van der Waals surface area contributed by atoms with Crippen molar-refractivity contribution in [3.05, 3.63) is 35.6 Å². The summed E-state index contributed by atoms with van der Waals surface area (Å²) in [4.78, 5) is 2.45. The Bertz CT molecular complexity index is 381. The minimum atomic E-state index is -0.0920. The van der Waals surface area contributed by atoms with Gasteiger partial charge in [0.05, 0.1) is 0 Å². The van der Waals surface area contributed by atoms with Crippen LogP contribution in [0.5, 0.6) is 0 Å². The zero-order chi connectivity index (χ0) is 13.0. The van der Waals surface area contributed by atoms with Gasteiger partial charge in [-0.05, 0) is 44.4 Å². The molecule has 1 aliphatic rings. The molecular formula is C15H23FN2. The Kier molecular flexibility index (Phi) is 4.72. The molecule has 0 bridgehead atoms. The monoisotopic (exact) mass is 250 g/mol. The first kappa shape index (κ1) is 13.5. The maximum atomic E-state index is 13.7. The van der Waals surface area contributed by atoms with Crippen molar-refractivity contribution in [3.63, 3.8) is 0 Å². The van der Waals surface area contributed by atoms with E-state index in [2.05, 4.69) is 11.8 Å². The van der Waals surface area contributed by atoms with Gasteiger partial charge < -0.3 is 5.73 Å². The standard InChI is InChI=1S/C15H23FN2/c1-12(10-13-6-2-3-8-15(13)16)18-9-5-4-7-14(18)11-17/h2-3,6,8,12,14H,4-5,7,9-11,17H2,1H3. The van der Waals surface area contributed by atoms with E-state index in [1.165, 1.54) is 19.3 Å². The lowest BCUT2D eigenvalue weighted by molar-refractivity contribution is 0.107. The van der Waals surface area contributed by atoms with Crippen LogP contribution >= 0.6 is 0 Å². The lowest BCUT2D eigenvalue weighted by Crippen LogP contribution is -2.49. The average molecular weight is 250 g/mol. The molecule has 2 atom stereocenters. The molecule has 1 aromatic carbocycles. The second-order valence-corrected chi connectivity index (χ2v) is 5.27. The predicted molar refractivity (Wildman–Crippen MR) is 73.0 cm³/mol. The second-order valence-electron chi connectivity index (χ2n) is 5.27. The molecule has 1 heterocycles. The number of halogens is 1. The summed E-state index contributed by atoms with van der Waals surface area (Å²) < 4.78 is 13.7. The minimum absolute atomic E-state index is 0.0920. The van der Waals surface area contributed by atoms with E-state index < -0.39 is 0 Å². The van der Waals surface area contributed by atoms with E-state index in [9.17, 15) is 4.39 Å². The zero-order valence-corrected chi connectivity index (χ0v) is 11.1. The van der Waals surface area contributed by atoms with Gasteiger partial charge in [-0.15, -0.1) is 0 Å². The first-order chi connectivity index (χ1) is 8.72. The number of piperidine rings is 1. The van der Waals surface area contributed by atoms with Gasteiger partial charge in [0, 0.05) is 18.6 Å². The van der Waals surface area contributed by atoms with Crippen molar-refractivity contribution in [1.29, 1.82) is 0 Å². The van der Waals surface area contributed by atoms with Crippen LogP contribution in [0.15, 0.2) is 24.3 Å². The fourth-order valence-corrected chi connectivity index (χ4v) is 2.96. The maximum Gasteiger partial charge on any atom is 0.126 e. The molecule has 2 unspecified atom stereocenters. The van der Waals surface area contributed by atoms with Crippen molar-refractivity contribution in [2.75, 3.05) is 13.1 Å². The first-order valence-electron chi connectivity index (χ1n) is 6.91. The van der Waals surface area contributed by atoms with Crippen molar-refractivity contribution in [2.45, 2.75) is 44.7 Å². The fourth-order valence-electron chi connectivity index (χ4n) is 2.96. The van der Waals surface area contributed by atoms with Gasteiger partial charge >= 0.3 is 0 Å². The van der Waals surface area contributed by atoms with Crippen molar-refractivity contribution in [2.24, 2.45) is 5.73 Å². The summed E-state index contributed by atoms with van der Waals surface area (Å²) in [6.07, 6.45) is 4.45. The third-order valence-electron chi connectivity index (χ3n) is 3.98. The van der Waals surface area contributed by atoms with E-state index in [0.717, 1.165) is 18.5 Å². The highest BCUT2D eigenvalue weighted by Crippen LogP contribution is 2.21. The Balaban J connectivity index is 2.02. The largest absolute Gasteiger partial charge is 0.329 e. The third kappa shape index (κ3) is 3.09. The van der Waals surface area contributed by atoms with Crippen LogP contribution in [0.4, 0.5) is 4.39 Å². The number of hydrogen-bond acceptors (Lipinski definition) is 2. The first-order valence-corrected chi connectivity index (χ1v) is 6.91. The molecule has 0 aromatic heterocycles. The molecule has 2 rings (SSSR count). The number of rotatable bonds is 4. The van der Waals surface area contributed by atoms with Crippen LogP contribution in [0, 0.1) is 5.82 Å². The Hall–Kier alpha value is -0.930. The summed E-state index contributed by atoms with van der Waals surface area (Å²) in [5, 5.41) is 0. The molecule has 0 spiro atoms. The number of likely N-dealkylation sites (tertiary alicyclic amines) is 1. The van der Waals surface area contributed by atoms with Gasteiger partial charge in [0.1, 0.15) is 5.82 Å². The fraction of sp³-hybridized carbons (Fsp3) is 0.600. The van der Waals surface area contributed by atoms with E-state index >= 15 is 0 Å². The van der Waals surface area contributed by atoms with Gasteiger partial charge in [0.15, 0.2) is 0 Å². The zero-order valence-electron chi connectivity index (χ0n) is 11.1. The van der Waals surface area contributed by atoms with E-state index in [1.54, 1.807) is 12.1 Å². The van der Waals surface area contributed by atoms with Crippen LogP contribution in [0.2, 0.25) is 0 Å².